The highest BCUT2D eigenvalue weighted by atomic mass is 16.6. The smallest absolute Gasteiger partial charge is 0.407 e. The molecule has 8 nitrogen and oxygen atoms in total. The van der Waals surface area contributed by atoms with Crippen LogP contribution in [0.3, 0.4) is 0 Å². The number of phenolic OH excluding ortho intramolecular Hbond substituents is 1. The lowest BCUT2D eigenvalue weighted by Gasteiger charge is -2.19. The van der Waals surface area contributed by atoms with E-state index < -0.39 is 11.7 Å². The Morgan fingerprint density at radius 1 is 1.12 bits per heavy atom. The van der Waals surface area contributed by atoms with Gasteiger partial charge in [-0.05, 0) is 57.0 Å². The average molecular weight is 437 g/mol. The number of phenols is 1. The summed E-state index contributed by atoms with van der Waals surface area (Å²) in [5.41, 5.74) is 1.11. The number of hydrogen-bond acceptors (Lipinski definition) is 5. The molecule has 0 bridgehead atoms. The van der Waals surface area contributed by atoms with Crippen molar-refractivity contribution in [3.8, 4) is 16.9 Å². The summed E-state index contributed by atoms with van der Waals surface area (Å²) < 4.78 is 5.15. The number of ether oxygens (including phenoxy) is 1. The Labute approximate surface area is 185 Å². The van der Waals surface area contributed by atoms with Gasteiger partial charge in [0.15, 0.2) is 0 Å². The van der Waals surface area contributed by atoms with Gasteiger partial charge >= 0.3 is 6.09 Å². The molecule has 0 saturated carbocycles. The Morgan fingerprint density at radius 2 is 1.88 bits per heavy atom. The third kappa shape index (κ3) is 5.87. The number of aromatic amines is 1. The van der Waals surface area contributed by atoms with Crippen LogP contribution in [0, 0.1) is 0 Å². The molecule has 0 spiro atoms. The number of amides is 2. The largest absolute Gasteiger partial charge is 0.507 e. The minimum Gasteiger partial charge on any atom is -0.507 e. The van der Waals surface area contributed by atoms with Crippen LogP contribution in [0.15, 0.2) is 53.5 Å². The summed E-state index contributed by atoms with van der Waals surface area (Å²) in [5.74, 6) is -0.183. The molecular formula is C24H27N3O5. The number of rotatable bonds is 6. The molecule has 0 radical (unpaired) electrons. The molecule has 0 atom stereocenters. The number of nitrogens with one attached hydrogen (secondary N) is 3. The predicted molar refractivity (Wildman–Crippen MR) is 124 cm³/mol. The SMILES string of the molecule is CC(C)(C)OC(=O)NCCCC(=O)Nc1cccc(-c2c[nH]c(=O)c3cccc(O)c23)c1. The van der Waals surface area contributed by atoms with Crippen molar-refractivity contribution in [1.29, 1.82) is 0 Å². The van der Waals surface area contributed by atoms with Crippen molar-refractivity contribution in [2.24, 2.45) is 0 Å². The van der Waals surface area contributed by atoms with E-state index in [0.717, 1.165) is 5.56 Å². The van der Waals surface area contributed by atoms with Crippen LogP contribution >= 0.6 is 0 Å². The van der Waals surface area contributed by atoms with Crippen molar-refractivity contribution in [3.05, 3.63) is 59.0 Å². The van der Waals surface area contributed by atoms with Gasteiger partial charge in [-0.15, -0.1) is 0 Å². The number of aromatic hydroxyl groups is 1. The third-order valence-corrected chi connectivity index (χ3v) is 4.61. The fraction of sp³-hybridized carbons (Fsp3) is 0.292. The fourth-order valence-corrected chi connectivity index (χ4v) is 3.27. The number of hydrogen-bond donors (Lipinski definition) is 4. The van der Waals surface area contributed by atoms with Gasteiger partial charge < -0.3 is 25.5 Å². The lowest BCUT2D eigenvalue weighted by atomic mass is 9.99. The Bertz CT molecular complexity index is 1190. The fourth-order valence-electron chi connectivity index (χ4n) is 3.27. The second-order valence-electron chi connectivity index (χ2n) is 8.39. The molecular weight excluding hydrogens is 410 g/mol. The van der Waals surface area contributed by atoms with Gasteiger partial charge in [-0.2, -0.15) is 0 Å². The number of carbonyl (C=O) groups excluding carboxylic acids is 2. The van der Waals surface area contributed by atoms with E-state index in [9.17, 15) is 19.5 Å². The van der Waals surface area contributed by atoms with Gasteiger partial charge in [0, 0.05) is 35.8 Å². The summed E-state index contributed by atoms with van der Waals surface area (Å²) in [6.45, 7) is 5.67. The molecule has 0 aliphatic carbocycles. The molecule has 0 saturated heterocycles. The van der Waals surface area contributed by atoms with E-state index >= 15 is 0 Å². The number of carbonyl (C=O) groups is 2. The van der Waals surface area contributed by atoms with Crippen molar-refractivity contribution in [1.82, 2.24) is 10.3 Å². The highest BCUT2D eigenvalue weighted by molar-refractivity contribution is 6.00. The summed E-state index contributed by atoms with van der Waals surface area (Å²) in [7, 11) is 0. The molecule has 3 rings (SSSR count). The zero-order chi connectivity index (χ0) is 23.3. The van der Waals surface area contributed by atoms with E-state index in [2.05, 4.69) is 15.6 Å². The van der Waals surface area contributed by atoms with Crippen LogP contribution in [0.25, 0.3) is 21.9 Å². The van der Waals surface area contributed by atoms with Crippen LogP contribution in [0.1, 0.15) is 33.6 Å². The highest BCUT2D eigenvalue weighted by Gasteiger charge is 2.16. The first-order chi connectivity index (χ1) is 15.1. The Balaban J connectivity index is 1.65. The van der Waals surface area contributed by atoms with Gasteiger partial charge in [0.1, 0.15) is 11.4 Å². The van der Waals surface area contributed by atoms with E-state index in [1.807, 2.05) is 6.07 Å². The maximum Gasteiger partial charge on any atom is 0.407 e. The molecule has 0 fully saturated rings. The van der Waals surface area contributed by atoms with E-state index in [-0.39, 0.29) is 23.6 Å². The number of anilines is 1. The Kier molecular flexibility index (Phi) is 6.82. The molecule has 4 N–H and O–H groups in total. The third-order valence-electron chi connectivity index (χ3n) is 4.61. The number of H-pyrrole nitrogens is 1. The van der Waals surface area contributed by atoms with E-state index in [1.165, 1.54) is 6.07 Å². The summed E-state index contributed by atoms with van der Waals surface area (Å²) in [6, 6.07) is 11.9. The molecule has 2 amide bonds. The van der Waals surface area contributed by atoms with Crippen LogP contribution in [0.2, 0.25) is 0 Å². The van der Waals surface area contributed by atoms with Crippen LogP contribution in [0.5, 0.6) is 5.75 Å². The Hall–Kier alpha value is -3.81. The van der Waals surface area contributed by atoms with E-state index in [4.69, 9.17) is 4.74 Å². The second-order valence-corrected chi connectivity index (χ2v) is 8.39. The molecule has 0 unspecified atom stereocenters. The van der Waals surface area contributed by atoms with Crippen molar-refractivity contribution in [2.45, 2.75) is 39.2 Å². The van der Waals surface area contributed by atoms with Gasteiger partial charge in [0.2, 0.25) is 5.91 Å². The highest BCUT2D eigenvalue weighted by Crippen LogP contribution is 2.33. The molecule has 0 aliphatic heterocycles. The van der Waals surface area contributed by atoms with Gasteiger partial charge in [0.25, 0.3) is 5.56 Å². The van der Waals surface area contributed by atoms with Gasteiger partial charge in [0.05, 0.1) is 5.39 Å². The zero-order valence-corrected chi connectivity index (χ0v) is 18.3. The summed E-state index contributed by atoms with van der Waals surface area (Å²) in [6.07, 6.45) is 1.72. The number of aromatic nitrogens is 1. The Morgan fingerprint density at radius 3 is 2.62 bits per heavy atom. The second kappa shape index (κ2) is 9.55. The first-order valence-corrected chi connectivity index (χ1v) is 10.3. The molecule has 1 aromatic heterocycles. The average Bonchev–Trinajstić information content (AvgIpc) is 2.71. The number of alkyl carbamates (subject to hydrolysis) is 1. The van der Waals surface area contributed by atoms with Gasteiger partial charge in [-0.25, -0.2) is 4.79 Å². The lowest BCUT2D eigenvalue weighted by molar-refractivity contribution is -0.116. The zero-order valence-electron chi connectivity index (χ0n) is 18.3. The number of fused-ring (bicyclic) bond motifs is 1. The van der Waals surface area contributed by atoms with Gasteiger partial charge in [-0.1, -0.05) is 18.2 Å². The first kappa shape index (κ1) is 22.9. The molecule has 32 heavy (non-hydrogen) atoms. The quantitative estimate of drug-likeness (QED) is 0.432. The lowest BCUT2D eigenvalue weighted by Crippen LogP contribution is -2.33. The topological polar surface area (TPSA) is 121 Å². The number of benzene rings is 2. The minimum atomic E-state index is -0.569. The van der Waals surface area contributed by atoms with Crippen molar-refractivity contribution >= 4 is 28.5 Å². The molecule has 1 heterocycles. The van der Waals surface area contributed by atoms with Crippen molar-refractivity contribution < 1.29 is 19.4 Å². The number of pyridine rings is 1. The van der Waals surface area contributed by atoms with Crippen LogP contribution in [-0.4, -0.2) is 34.2 Å². The maximum absolute atomic E-state index is 12.3. The molecule has 0 aliphatic rings. The van der Waals surface area contributed by atoms with Crippen molar-refractivity contribution in [2.75, 3.05) is 11.9 Å². The molecule has 2 aromatic carbocycles. The minimum absolute atomic E-state index is 0.00975. The molecule has 3 aromatic rings. The van der Waals surface area contributed by atoms with E-state index in [0.29, 0.717) is 35.0 Å². The van der Waals surface area contributed by atoms with Crippen LogP contribution < -0.4 is 16.2 Å². The first-order valence-electron chi connectivity index (χ1n) is 10.3. The van der Waals surface area contributed by atoms with Crippen LogP contribution in [-0.2, 0) is 9.53 Å². The standard InChI is InChI=1S/C24H27N3O5/c1-24(2,3)32-23(31)25-12-6-11-20(29)27-16-8-4-7-15(13-16)18-14-26-22(30)17-9-5-10-19(28)21(17)18/h4-5,7-10,13-14,28H,6,11-12H2,1-3H3,(H,25,31)(H,26,30)(H,27,29). The molecule has 8 heteroatoms. The molecule has 168 valence electrons. The van der Waals surface area contributed by atoms with Gasteiger partial charge in [-0.3, -0.25) is 9.59 Å². The predicted octanol–water partition coefficient (Wildman–Crippen LogP) is 4.14. The van der Waals surface area contributed by atoms with Crippen molar-refractivity contribution in [3.63, 3.8) is 0 Å². The monoisotopic (exact) mass is 437 g/mol. The maximum atomic E-state index is 12.3. The van der Waals surface area contributed by atoms with E-state index in [1.54, 1.807) is 57.3 Å². The summed E-state index contributed by atoms with van der Waals surface area (Å²) in [5, 5.41) is 16.6. The van der Waals surface area contributed by atoms with Crippen LogP contribution in [0.4, 0.5) is 10.5 Å². The summed E-state index contributed by atoms with van der Waals surface area (Å²) in [4.78, 5) is 38.7. The normalized spacial score (nSPS) is 11.2. The summed E-state index contributed by atoms with van der Waals surface area (Å²) >= 11 is 0.